The molecule has 0 aliphatic carbocycles. The van der Waals surface area contributed by atoms with Crippen molar-refractivity contribution in [2.75, 3.05) is 43.9 Å². The molecular weight excluding hydrogens is 363 g/mol. The molecule has 3 aromatic rings. The van der Waals surface area contributed by atoms with E-state index in [-0.39, 0.29) is 5.82 Å². The SMILES string of the molecule is Cc1ccc2nc(N3CCCc4ccc(F)cc4C3)cc(NCCN(C)C)c2c1. The van der Waals surface area contributed by atoms with Gasteiger partial charge in [-0.15, -0.1) is 0 Å². The molecule has 152 valence electrons. The maximum atomic E-state index is 13.8. The van der Waals surface area contributed by atoms with Gasteiger partial charge >= 0.3 is 0 Å². The van der Waals surface area contributed by atoms with Gasteiger partial charge < -0.3 is 15.1 Å². The highest BCUT2D eigenvalue weighted by Gasteiger charge is 2.18. The van der Waals surface area contributed by atoms with Crippen LogP contribution < -0.4 is 10.2 Å². The van der Waals surface area contributed by atoms with Crippen LogP contribution in [0.1, 0.15) is 23.1 Å². The molecule has 0 amide bonds. The Labute approximate surface area is 172 Å². The Morgan fingerprint density at radius 3 is 2.79 bits per heavy atom. The molecule has 4 nitrogen and oxygen atoms in total. The molecule has 1 N–H and O–H groups in total. The smallest absolute Gasteiger partial charge is 0.131 e. The van der Waals surface area contributed by atoms with Crippen molar-refractivity contribution in [2.24, 2.45) is 0 Å². The van der Waals surface area contributed by atoms with Crippen LogP contribution in [-0.4, -0.2) is 43.6 Å². The molecule has 1 aliphatic rings. The largest absolute Gasteiger partial charge is 0.383 e. The van der Waals surface area contributed by atoms with E-state index < -0.39 is 0 Å². The number of halogens is 1. The van der Waals surface area contributed by atoms with Crippen molar-refractivity contribution in [1.29, 1.82) is 0 Å². The van der Waals surface area contributed by atoms with Gasteiger partial charge in [-0.05, 0) is 69.3 Å². The molecule has 0 bridgehead atoms. The highest BCUT2D eigenvalue weighted by Crippen LogP contribution is 2.30. The van der Waals surface area contributed by atoms with Gasteiger partial charge in [-0.3, -0.25) is 0 Å². The van der Waals surface area contributed by atoms with E-state index in [0.29, 0.717) is 6.54 Å². The second-order valence-corrected chi connectivity index (χ2v) is 8.22. The molecule has 29 heavy (non-hydrogen) atoms. The summed E-state index contributed by atoms with van der Waals surface area (Å²) in [6.07, 6.45) is 2.02. The van der Waals surface area contributed by atoms with Crippen LogP contribution in [0.15, 0.2) is 42.5 Å². The van der Waals surface area contributed by atoms with E-state index in [9.17, 15) is 4.39 Å². The normalized spacial score (nSPS) is 14.2. The van der Waals surface area contributed by atoms with Crippen LogP contribution in [0.25, 0.3) is 10.9 Å². The molecule has 0 unspecified atom stereocenters. The summed E-state index contributed by atoms with van der Waals surface area (Å²) < 4.78 is 13.8. The fourth-order valence-electron chi connectivity index (χ4n) is 3.97. The summed E-state index contributed by atoms with van der Waals surface area (Å²) in [5, 5.41) is 4.75. The molecule has 0 fully saturated rings. The predicted octanol–water partition coefficient (Wildman–Crippen LogP) is 4.61. The molecule has 1 aliphatic heterocycles. The van der Waals surface area contributed by atoms with E-state index in [1.54, 1.807) is 12.1 Å². The maximum Gasteiger partial charge on any atom is 0.131 e. The Kier molecular flexibility index (Phi) is 5.67. The second kappa shape index (κ2) is 8.37. The van der Waals surface area contributed by atoms with Crippen molar-refractivity contribution in [1.82, 2.24) is 9.88 Å². The molecule has 1 aromatic heterocycles. The van der Waals surface area contributed by atoms with Gasteiger partial charge in [0.2, 0.25) is 0 Å². The zero-order valence-electron chi connectivity index (χ0n) is 17.5. The second-order valence-electron chi connectivity index (χ2n) is 8.22. The lowest BCUT2D eigenvalue weighted by Crippen LogP contribution is -2.24. The number of nitrogens with zero attached hydrogens (tertiary/aromatic N) is 3. The number of likely N-dealkylation sites (N-methyl/N-ethyl adjacent to an activating group) is 1. The number of nitrogens with one attached hydrogen (secondary N) is 1. The molecule has 0 spiro atoms. The highest BCUT2D eigenvalue weighted by molar-refractivity contribution is 5.93. The Balaban J connectivity index is 1.70. The minimum Gasteiger partial charge on any atom is -0.383 e. The molecule has 0 saturated carbocycles. The number of hydrogen-bond acceptors (Lipinski definition) is 4. The molecule has 4 rings (SSSR count). The lowest BCUT2D eigenvalue weighted by molar-refractivity contribution is 0.425. The van der Waals surface area contributed by atoms with Gasteiger partial charge in [0.05, 0.1) is 5.52 Å². The Morgan fingerprint density at radius 2 is 1.97 bits per heavy atom. The van der Waals surface area contributed by atoms with E-state index in [4.69, 9.17) is 4.98 Å². The van der Waals surface area contributed by atoms with Crippen LogP contribution in [0.5, 0.6) is 0 Å². The van der Waals surface area contributed by atoms with Gasteiger partial charge in [0.1, 0.15) is 11.6 Å². The van der Waals surface area contributed by atoms with Gasteiger partial charge in [-0.1, -0.05) is 17.7 Å². The topological polar surface area (TPSA) is 31.4 Å². The van der Waals surface area contributed by atoms with Crippen LogP contribution in [0.3, 0.4) is 0 Å². The van der Waals surface area contributed by atoms with Crippen molar-refractivity contribution in [3.63, 3.8) is 0 Å². The maximum absolute atomic E-state index is 13.8. The molecular formula is C24H29FN4. The average molecular weight is 393 g/mol. The number of pyridine rings is 1. The van der Waals surface area contributed by atoms with Gasteiger partial charge in [0.25, 0.3) is 0 Å². The molecule has 0 saturated heterocycles. The van der Waals surface area contributed by atoms with Crippen molar-refractivity contribution in [2.45, 2.75) is 26.3 Å². The lowest BCUT2D eigenvalue weighted by Gasteiger charge is -2.24. The summed E-state index contributed by atoms with van der Waals surface area (Å²) in [6.45, 7) is 5.54. The van der Waals surface area contributed by atoms with Gasteiger partial charge in [-0.2, -0.15) is 0 Å². The monoisotopic (exact) mass is 392 g/mol. The number of hydrogen-bond donors (Lipinski definition) is 1. The quantitative estimate of drug-likeness (QED) is 0.687. The first-order valence-corrected chi connectivity index (χ1v) is 10.3. The van der Waals surface area contributed by atoms with E-state index >= 15 is 0 Å². The Hall–Kier alpha value is -2.66. The van der Waals surface area contributed by atoms with Gasteiger partial charge in [0, 0.05) is 43.3 Å². The van der Waals surface area contributed by atoms with Crippen molar-refractivity contribution in [3.8, 4) is 0 Å². The molecule has 2 heterocycles. The third kappa shape index (κ3) is 4.51. The molecule has 2 aromatic carbocycles. The summed E-state index contributed by atoms with van der Waals surface area (Å²) in [5.74, 6) is 0.782. The Bertz CT molecular complexity index is 1020. The van der Waals surface area contributed by atoms with Gasteiger partial charge in [-0.25, -0.2) is 9.37 Å². The number of anilines is 2. The van der Waals surface area contributed by atoms with Crippen molar-refractivity contribution in [3.05, 3.63) is 65.0 Å². The number of benzene rings is 2. The van der Waals surface area contributed by atoms with Crippen LogP contribution in [0.2, 0.25) is 0 Å². The fourth-order valence-corrected chi connectivity index (χ4v) is 3.97. The Morgan fingerprint density at radius 1 is 1.10 bits per heavy atom. The highest BCUT2D eigenvalue weighted by atomic mass is 19.1. The number of fused-ring (bicyclic) bond motifs is 2. The zero-order valence-corrected chi connectivity index (χ0v) is 17.5. The minimum absolute atomic E-state index is 0.168. The van der Waals surface area contributed by atoms with Crippen LogP contribution in [0.4, 0.5) is 15.9 Å². The van der Waals surface area contributed by atoms with Crippen LogP contribution in [-0.2, 0) is 13.0 Å². The average Bonchev–Trinajstić information content (AvgIpc) is 2.89. The fraction of sp³-hybridized carbons (Fsp3) is 0.375. The molecule has 0 atom stereocenters. The summed E-state index contributed by atoms with van der Waals surface area (Å²) >= 11 is 0. The van der Waals surface area contributed by atoms with E-state index in [1.807, 2.05) is 6.07 Å². The lowest BCUT2D eigenvalue weighted by atomic mass is 10.0. The summed E-state index contributed by atoms with van der Waals surface area (Å²) in [7, 11) is 4.16. The summed E-state index contributed by atoms with van der Waals surface area (Å²) in [5.41, 5.74) is 5.63. The standard InChI is InChI=1S/C24H29FN4/c1-17-6-9-22-21(13-17)23(26-10-12-28(2)3)15-24(27-22)29-11-4-5-18-7-8-20(25)14-19(18)16-29/h6-9,13-15H,4-5,10-12,16H2,1-3H3,(H,26,27). The van der Waals surface area contributed by atoms with Crippen LogP contribution >= 0.6 is 0 Å². The number of rotatable bonds is 5. The van der Waals surface area contributed by atoms with E-state index in [1.165, 1.54) is 11.1 Å². The van der Waals surface area contributed by atoms with Gasteiger partial charge in [0.15, 0.2) is 0 Å². The number of aromatic nitrogens is 1. The predicted molar refractivity (Wildman–Crippen MR) is 119 cm³/mol. The third-order valence-electron chi connectivity index (χ3n) is 5.55. The summed E-state index contributed by atoms with van der Waals surface area (Å²) in [4.78, 5) is 9.41. The molecule has 0 radical (unpaired) electrons. The zero-order chi connectivity index (χ0) is 20.4. The first-order chi connectivity index (χ1) is 14.0. The van der Waals surface area contributed by atoms with Crippen molar-refractivity contribution >= 4 is 22.4 Å². The molecule has 5 heteroatoms. The van der Waals surface area contributed by atoms with Crippen LogP contribution in [0, 0.1) is 12.7 Å². The first-order valence-electron chi connectivity index (χ1n) is 10.3. The first kappa shape index (κ1) is 19.6. The van der Waals surface area contributed by atoms with E-state index in [2.05, 4.69) is 60.4 Å². The van der Waals surface area contributed by atoms with E-state index in [0.717, 1.165) is 60.4 Å². The third-order valence-corrected chi connectivity index (χ3v) is 5.55. The minimum atomic E-state index is -0.168. The summed E-state index contributed by atoms with van der Waals surface area (Å²) in [6, 6.07) is 13.7. The number of aryl methyl sites for hydroxylation is 2. The van der Waals surface area contributed by atoms with Crippen molar-refractivity contribution < 1.29 is 4.39 Å².